The minimum Gasteiger partial charge on any atom is -0.486 e. The number of barbiturate groups is 1. The van der Waals surface area contributed by atoms with Gasteiger partial charge in [0, 0.05) is 4.47 Å². The lowest BCUT2D eigenvalue weighted by Crippen LogP contribution is -2.54. The van der Waals surface area contributed by atoms with Crippen LogP contribution in [0.25, 0.3) is 6.08 Å². The van der Waals surface area contributed by atoms with E-state index in [4.69, 9.17) is 9.47 Å². The number of fused-ring (bicyclic) bond motifs is 1. The summed E-state index contributed by atoms with van der Waals surface area (Å²) in [6, 6.07) is 10.9. The van der Waals surface area contributed by atoms with Crippen LogP contribution >= 0.6 is 15.9 Å². The largest absolute Gasteiger partial charge is 0.486 e. The van der Waals surface area contributed by atoms with Gasteiger partial charge in [-0.05, 0) is 48.0 Å². The van der Waals surface area contributed by atoms with Gasteiger partial charge in [-0.2, -0.15) is 0 Å². The fourth-order valence-corrected chi connectivity index (χ4v) is 3.06. The number of amides is 4. The van der Waals surface area contributed by atoms with Crippen LogP contribution in [0.5, 0.6) is 11.5 Å². The summed E-state index contributed by atoms with van der Waals surface area (Å²) in [5, 5.41) is 2.20. The van der Waals surface area contributed by atoms with Gasteiger partial charge in [0.05, 0.1) is 5.69 Å². The number of halogens is 1. The second-order valence-electron chi connectivity index (χ2n) is 5.84. The van der Waals surface area contributed by atoms with Crippen LogP contribution in [0.4, 0.5) is 10.5 Å². The van der Waals surface area contributed by atoms with Crippen molar-refractivity contribution in [3.8, 4) is 11.5 Å². The number of ether oxygens (including phenoxy) is 2. The molecule has 1 N–H and O–H groups in total. The summed E-state index contributed by atoms with van der Waals surface area (Å²) in [6.45, 7) is 0.900. The van der Waals surface area contributed by atoms with E-state index in [0.717, 1.165) is 9.37 Å². The Kier molecular flexibility index (Phi) is 4.41. The number of carbonyl (C=O) groups is 3. The Labute approximate surface area is 162 Å². The summed E-state index contributed by atoms with van der Waals surface area (Å²) in [6.07, 6.45) is 1.42. The van der Waals surface area contributed by atoms with E-state index in [1.165, 1.54) is 6.08 Å². The first-order valence-electron chi connectivity index (χ1n) is 8.09. The third-order valence-corrected chi connectivity index (χ3v) is 4.59. The molecule has 0 spiro atoms. The second-order valence-corrected chi connectivity index (χ2v) is 6.75. The molecule has 27 heavy (non-hydrogen) atoms. The third kappa shape index (κ3) is 3.31. The van der Waals surface area contributed by atoms with E-state index in [1.807, 2.05) is 0 Å². The molecule has 4 rings (SSSR count). The normalized spacial score (nSPS) is 17.9. The van der Waals surface area contributed by atoms with Gasteiger partial charge in [-0.25, -0.2) is 9.69 Å². The summed E-state index contributed by atoms with van der Waals surface area (Å²) in [4.78, 5) is 38.2. The molecule has 8 heteroatoms. The van der Waals surface area contributed by atoms with Crippen molar-refractivity contribution in [2.45, 2.75) is 0 Å². The van der Waals surface area contributed by atoms with Gasteiger partial charge in [0.2, 0.25) is 0 Å². The molecular weight excluding hydrogens is 416 g/mol. The molecule has 1 saturated heterocycles. The molecule has 2 aliphatic rings. The first-order valence-corrected chi connectivity index (χ1v) is 8.89. The van der Waals surface area contributed by atoms with Crippen LogP contribution < -0.4 is 19.7 Å². The summed E-state index contributed by atoms with van der Waals surface area (Å²) in [5.74, 6) is -0.288. The molecule has 2 aliphatic heterocycles. The maximum Gasteiger partial charge on any atom is 0.335 e. The van der Waals surface area contributed by atoms with Gasteiger partial charge in [-0.1, -0.05) is 22.0 Å². The molecule has 2 aromatic carbocycles. The Morgan fingerprint density at radius 1 is 0.963 bits per heavy atom. The Morgan fingerprint density at radius 3 is 2.41 bits per heavy atom. The van der Waals surface area contributed by atoms with Crippen LogP contribution in [-0.4, -0.2) is 31.1 Å². The van der Waals surface area contributed by atoms with Crippen LogP contribution in [0.15, 0.2) is 52.5 Å². The molecule has 0 atom stereocenters. The average molecular weight is 429 g/mol. The molecule has 4 amide bonds. The lowest BCUT2D eigenvalue weighted by atomic mass is 10.1. The third-order valence-electron chi connectivity index (χ3n) is 4.06. The second kappa shape index (κ2) is 6.88. The van der Waals surface area contributed by atoms with Crippen molar-refractivity contribution in [3.05, 3.63) is 58.1 Å². The highest BCUT2D eigenvalue weighted by atomic mass is 79.9. The predicted molar refractivity (Wildman–Crippen MR) is 101 cm³/mol. The Hall–Kier alpha value is -3.13. The maximum absolute atomic E-state index is 12.8. The van der Waals surface area contributed by atoms with E-state index in [9.17, 15) is 14.4 Å². The van der Waals surface area contributed by atoms with E-state index in [0.29, 0.717) is 36.0 Å². The highest BCUT2D eigenvalue weighted by Gasteiger charge is 2.36. The summed E-state index contributed by atoms with van der Waals surface area (Å²) < 4.78 is 11.8. The molecule has 2 heterocycles. The van der Waals surface area contributed by atoms with Crippen molar-refractivity contribution in [1.82, 2.24) is 5.32 Å². The Morgan fingerprint density at radius 2 is 1.67 bits per heavy atom. The number of nitrogens with one attached hydrogen (secondary N) is 1. The SMILES string of the molecule is O=C1NC(=O)N(c2ccc(Br)cc2)C(=O)/C1=C/c1ccc2c(c1)OCCO2. The molecule has 0 aromatic heterocycles. The van der Waals surface area contributed by atoms with E-state index in [1.54, 1.807) is 42.5 Å². The topological polar surface area (TPSA) is 84.9 Å². The molecular formula is C19H13BrN2O5. The number of nitrogens with zero attached hydrogens (tertiary/aromatic N) is 1. The summed E-state index contributed by atoms with van der Waals surface area (Å²) in [7, 11) is 0. The summed E-state index contributed by atoms with van der Waals surface area (Å²) >= 11 is 3.30. The fourth-order valence-electron chi connectivity index (χ4n) is 2.80. The van der Waals surface area contributed by atoms with E-state index >= 15 is 0 Å². The van der Waals surface area contributed by atoms with Gasteiger partial charge in [0.1, 0.15) is 18.8 Å². The standard InChI is InChI=1S/C19H13BrN2O5/c20-12-2-4-13(5-3-12)22-18(24)14(17(23)21-19(22)25)9-11-1-6-15-16(10-11)27-8-7-26-15/h1-6,9-10H,7-8H2,(H,21,23,25)/b14-9+. The molecule has 0 radical (unpaired) electrons. The number of urea groups is 1. The van der Waals surface area contributed by atoms with Crippen LogP contribution in [0.1, 0.15) is 5.56 Å². The van der Waals surface area contributed by atoms with Crippen LogP contribution in [0.2, 0.25) is 0 Å². The first kappa shape index (κ1) is 17.3. The highest BCUT2D eigenvalue weighted by Crippen LogP contribution is 2.32. The van der Waals surface area contributed by atoms with Crippen molar-refractivity contribution < 1.29 is 23.9 Å². The number of carbonyl (C=O) groups excluding carboxylic acids is 3. The monoisotopic (exact) mass is 428 g/mol. The van der Waals surface area contributed by atoms with Crippen molar-refractivity contribution >= 4 is 45.5 Å². The quantitative estimate of drug-likeness (QED) is 0.587. The molecule has 136 valence electrons. The predicted octanol–water partition coefficient (Wildman–Crippen LogP) is 2.89. The smallest absolute Gasteiger partial charge is 0.335 e. The van der Waals surface area contributed by atoms with Gasteiger partial charge >= 0.3 is 6.03 Å². The molecule has 0 bridgehead atoms. The molecule has 0 unspecified atom stereocenters. The maximum atomic E-state index is 12.8. The number of rotatable bonds is 2. The van der Waals surface area contributed by atoms with Crippen molar-refractivity contribution in [2.75, 3.05) is 18.1 Å². The van der Waals surface area contributed by atoms with Crippen molar-refractivity contribution in [2.24, 2.45) is 0 Å². The molecule has 0 saturated carbocycles. The van der Waals surface area contributed by atoms with Gasteiger partial charge in [0.15, 0.2) is 11.5 Å². The number of hydrogen-bond donors (Lipinski definition) is 1. The Balaban J connectivity index is 1.70. The minimum atomic E-state index is -0.786. The minimum absolute atomic E-state index is 0.144. The van der Waals surface area contributed by atoms with Gasteiger partial charge in [-0.3, -0.25) is 14.9 Å². The Bertz CT molecular complexity index is 984. The van der Waals surface area contributed by atoms with E-state index in [2.05, 4.69) is 21.2 Å². The zero-order valence-electron chi connectivity index (χ0n) is 13.9. The first-order chi connectivity index (χ1) is 13.0. The van der Waals surface area contributed by atoms with Crippen LogP contribution in [-0.2, 0) is 9.59 Å². The summed E-state index contributed by atoms with van der Waals surface area (Å²) in [5.41, 5.74) is 0.804. The molecule has 2 aromatic rings. The van der Waals surface area contributed by atoms with Gasteiger partial charge in [0.25, 0.3) is 11.8 Å². The lowest BCUT2D eigenvalue weighted by Gasteiger charge is -2.26. The highest BCUT2D eigenvalue weighted by molar-refractivity contribution is 9.10. The number of anilines is 1. The molecule has 1 fully saturated rings. The number of hydrogen-bond acceptors (Lipinski definition) is 5. The fraction of sp³-hybridized carbons (Fsp3) is 0.105. The number of benzene rings is 2. The van der Waals surface area contributed by atoms with Crippen LogP contribution in [0.3, 0.4) is 0 Å². The zero-order chi connectivity index (χ0) is 19.0. The van der Waals surface area contributed by atoms with Crippen LogP contribution in [0, 0.1) is 0 Å². The van der Waals surface area contributed by atoms with E-state index < -0.39 is 17.8 Å². The lowest BCUT2D eigenvalue weighted by molar-refractivity contribution is -0.122. The molecule has 7 nitrogen and oxygen atoms in total. The van der Waals surface area contributed by atoms with Gasteiger partial charge in [-0.15, -0.1) is 0 Å². The van der Waals surface area contributed by atoms with E-state index in [-0.39, 0.29) is 5.57 Å². The molecule has 0 aliphatic carbocycles. The number of imide groups is 2. The average Bonchev–Trinajstić information content (AvgIpc) is 2.66. The van der Waals surface area contributed by atoms with Crippen molar-refractivity contribution in [3.63, 3.8) is 0 Å². The van der Waals surface area contributed by atoms with Gasteiger partial charge < -0.3 is 9.47 Å². The van der Waals surface area contributed by atoms with Crippen molar-refractivity contribution in [1.29, 1.82) is 0 Å². The zero-order valence-corrected chi connectivity index (χ0v) is 15.5.